The maximum atomic E-state index is 13.0. The van der Waals surface area contributed by atoms with Gasteiger partial charge in [-0.15, -0.1) is 0 Å². The van der Waals surface area contributed by atoms with Crippen LogP contribution in [0.5, 0.6) is 0 Å². The van der Waals surface area contributed by atoms with Crippen LogP contribution >= 0.6 is 0 Å². The van der Waals surface area contributed by atoms with Gasteiger partial charge < -0.3 is 9.64 Å². The Morgan fingerprint density at radius 2 is 1.90 bits per heavy atom. The average molecular weight is 399 g/mol. The van der Waals surface area contributed by atoms with Gasteiger partial charge in [0.15, 0.2) is 0 Å². The molecule has 2 fully saturated rings. The van der Waals surface area contributed by atoms with Gasteiger partial charge in [0.2, 0.25) is 0 Å². The van der Waals surface area contributed by atoms with Crippen LogP contribution in [0.15, 0.2) is 30.0 Å². The lowest BCUT2D eigenvalue weighted by molar-refractivity contribution is -0.149. The van der Waals surface area contributed by atoms with Gasteiger partial charge in [-0.3, -0.25) is 19.7 Å². The number of amides is 4. The van der Waals surface area contributed by atoms with Crippen LogP contribution in [-0.4, -0.2) is 48.4 Å². The van der Waals surface area contributed by atoms with E-state index in [-0.39, 0.29) is 17.5 Å². The van der Waals surface area contributed by atoms with E-state index in [9.17, 15) is 19.2 Å². The number of carbonyl (C=O) groups excluding carboxylic acids is 4. The van der Waals surface area contributed by atoms with Crippen molar-refractivity contribution >= 4 is 29.5 Å². The van der Waals surface area contributed by atoms with Gasteiger partial charge in [-0.1, -0.05) is 12.1 Å². The van der Waals surface area contributed by atoms with Gasteiger partial charge in [-0.2, -0.15) is 0 Å². The first-order chi connectivity index (χ1) is 13.8. The highest BCUT2D eigenvalue weighted by molar-refractivity contribution is 6.37. The number of benzene rings is 1. The molecule has 3 rings (SSSR count). The predicted molar refractivity (Wildman–Crippen MR) is 106 cm³/mol. The third kappa shape index (κ3) is 4.16. The van der Waals surface area contributed by atoms with E-state index in [2.05, 4.69) is 5.32 Å². The number of hydrogen-bond acceptors (Lipinski definition) is 6. The van der Waals surface area contributed by atoms with E-state index < -0.39 is 17.8 Å². The van der Waals surface area contributed by atoms with Crippen molar-refractivity contribution in [1.82, 2.24) is 10.2 Å². The molecule has 8 nitrogen and oxygen atoms in total. The van der Waals surface area contributed by atoms with Gasteiger partial charge >= 0.3 is 12.0 Å². The average Bonchev–Trinajstić information content (AvgIpc) is 2.69. The molecule has 0 radical (unpaired) electrons. The highest BCUT2D eigenvalue weighted by Gasteiger charge is 2.38. The van der Waals surface area contributed by atoms with Crippen LogP contribution in [0.4, 0.5) is 10.5 Å². The Labute approximate surface area is 169 Å². The fraction of sp³-hybridized carbons (Fsp3) is 0.429. The maximum absolute atomic E-state index is 13.0. The lowest BCUT2D eigenvalue weighted by atomic mass is 9.97. The molecule has 1 aromatic rings. The first-order valence-corrected chi connectivity index (χ1v) is 9.72. The van der Waals surface area contributed by atoms with E-state index in [0.29, 0.717) is 38.2 Å². The lowest BCUT2D eigenvalue weighted by Crippen LogP contribution is -2.55. The lowest BCUT2D eigenvalue weighted by Gasteiger charge is -2.32. The van der Waals surface area contributed by atoms with Crippen LogP contribution in [-0.2, 0) is 19.1 Å². The van der Waals surface area contributed by atoms with Crippen molar-refractivity contribution in [3.8, 4) is 0 Å². The molecule has 1 aromatic carbocycles. The number of hydrogen-bond donors (Lipinski definition) is 1. The predicted octanol–water partition coefficient (Wildman–Crippen LogP) is 2.05. The third-order valence-electron chi connectivity index (χ3n) is 5.38. The molecule has 2 saturated heterocycles. The second-order valence-corrected chi connectivity index (χ2v) is 7.22. The first kappa shape index (κ1) is 20.6. The van der Waals surface area contributed by atoms with Crippen molar-refractivity contribution in [2.45, 2.75) is 33.6 Å². The molecular weight excluding hydrogens is 374 g/mol. The summed E-state index contributed by atoms with van der Waals surface area (Å²) in [7, 11) is 0. The van der Waals surface area contributed by atoms with E-state index in [4.69, 9.17) is 4.74 Å². The van der Waals surface area contributed by atoms with Crippen LogP contribution in [0.1, 0.15) is 30.9 Å². The summed E-state index contributed by atoms with van der Waals surface area (Å²) in [5, 5.41) is 2.25. The Bertz CT molecular complexity index is 884. The van der Waals surface area contributed by atoms with Gasteiger partial charge in [0.05, 0.1) is 18.2 Å². The van der Waals surface area contributed by atoms with Crippen molar-refractivity contribution in [3.63, 3.8) is 0 Å². The second kappa shape index (κ2) is 8.46. The summed E-state index contributed by atoms with van der Waals surface area (Å²) >= 11 is 0. The summed E-state index contributed by atoms with van der Waals surface area (Å²) < 4.78 is 5.06. The molecule has 2 aliphatic heterocycles. The van der Waals surface area contributed by atoms with E-state index >= 15 is 0 Å². The molecule has 0 unspecified atom stereocenters. The molecule has 154 valence electrons. The Hall–Kier alpha value is -3.16. The first-order valence-electron chi connectivity index (χ1n) is 9.72. The molecule has 4 amide bonds. The quantitative estimate of drug-likeness (QED) is 0.473. The molecule has 2 aliphatic rings. The Balaban J connectivity index is 1.80. The molecule has 0 saturated carbocycles. The number of carbonyl (C=O) groups is 4. The normalized spacial score (nSPS) is 19.6. The second-order valence-electron chi connectivity index (χ2n) is 7.22. The van der Waals surface area contributed by atoms with Gasteiger partial charge in [0, 0.05) is 19.3 Å². The Kier molecular flexibility index (Phi) is 6.00. The number of nitrogens with zero attached hydrogens (tertiary/aromatic N) is 2. The molecule has 0 atom stereocenters. The summed E-state index contributed by atoms with van der Waals surface area (Å²) in [5.74, 6) is -1.75. The Morgan fingerprint density at radius 3 is 2.55 bits per heavy atom. The van der Waals surface area contributed by atoms with E-state index in [0.717, 1.165) is 16.0 Å². The van der Waals surface area contributed by atoms with Crippen molar-refractivity contribution in [2.24, 2.45) is 5.92 Å². The number of nitrogens with one attached hydrogen (secondary N) is 1. The van der Waals surface area contributed by atoms with E-state index in [1.807, 2.05) is 24.8 Å². The number of piperidine rings is 1. The van der Waals surface area contributed by atoms with Gasteiger partial charge in [0.1, 0.15) is 5.57 Å². The number of urea groups is 1. The van der Waals surface area contributed by atoms with E-state index in [1.54, 1.807) is 19.1 Å². The molecule has 0 aliphatic carbocycles. The SMILES string of the molecule is CCOC(=O)C1CCN(C=C2C(=O)NC(=O)N(c3cccc(C)c3C)C2=O)CC1. The summed E-state index contributed by atoms with van der Waals surface area (Å²) in [6, 6.07) is 4.57. The zero-order chi connectivity index (χ0) is 21.1. The van der Waals surface area contributed by atoms with Crippen molar-refractivity contribution in [3.05, 3.63) is 41.1 Å². The summed E-state index contributed by atoms with van der Waals surface area (Å²) in [4.78, 5) is 52.4. The molecule has 29 heavy (non-hydrogen) atoms. The topological polar surface area (TPSA) is 96.0 Å². The Morgan fingerprint density at radius 1 is 1.21 bits per heavy atom. The number of aryl methyl sites for hydroxylation is 1. The largest absolute Gasteiger partial charge is 0.466 e. The van der Waals surface area contributed by atoms with E-state index in [1.165, 1.54) is 6.20 Å². The summed E-state index contributed by atoms with van der Waals surface area (Å²) in [6.07, 6.45) is 2.65. The molecule has 1 N–H and O–H groups in total. The standard InChI is InChI=1S/C21H25N3O5/c1-4-29-20(27)15-8-10-23(11-9-15)12-16-18(25)22-21(28)24(19(16)26)17-7-5-6-13(2)14(17)3/h5-7,12,15H,4,8-11H2,1-3H3,(H,22,25,28). The zero-order valence-corrected chi connectivity index (χ0v) is 16.9. The highest BCUT2D eigenvalue weighted by Crippen LogP contribution is 2.27. The number of ether oxygens (including phenoxy) is 1. The number of rotatable bonds is 4. The summed E-state index contributed by atoms with van der Waals surface area (Å²) in [6.45, 7) is 6.87. The number of anilines is 1. The highest BCUT2D eigenvalue weighted by atomic mass is 16.5. The van der Waals surface area contributed by atoms with Gasteiger partial charge in [-0.05, 0) is 50.8 Å². The van der Waals surface area contributed by atoms with Crippen LogP contribution in [0.2, 0.25) is 0 Å². The monoisotopic (exact) mass is 399 g/mol. The fourth-order valence-electron chi connectivity index (χ4n) is 3.55. The molecule has 2 heterocycles. The third-order valence-corrected chi connectivity index (χ3v) is 5.38. The number of likely N-dealkylation sites (tertiary alicyclic amines) is 1. The molecule has 0 bridgehead atoms. The van der Waals surface area contributed by atoms with Crippen LogP contribution in [0.3, 0.4) is 0 Å². The number of esters is 1. The minimum atomic E-state index is -0.758. The van der Waals surface area contributed by atoms with Gasteiger partial charge in [-0.25, -0.2) is 9.69 Å². The van der Waals surface area contributed by atoms with Gasteiger partial charge in [0.25, 0.3) is 11.8 Å². The van der Waals surface area contributed by atoms with Crippen LogP contribution < -0.4 is 10.2 Å². The van der Waals surface area contributed by atoms with Crippen LogP contribution in [0.25, 0.3) is 0 Å². The zero-order valence-electron chi connectivity index (χ0n) is 16.9. The van der Waals surface area contributed by atoms with Crippen molar-refractivity contribution < 1.29 is 23.9 Å². The molecule has 0 spiro atoms. The maximum Gasteiger partial charge on any atom is 0.335 e. The smallest absolute Gasteiger partial charge is 0.335 e. The fourth-order valence-corrected chi connectivity index (χ4v) is 3.55. The summed E-state index contributed by atoms with van der Waals surface area (Å²) in [5.41, 5.74) is 2.08. The molecule has 0 aromatic heterocycles. The van der Waals surface area contributed by atoms with Crippen LogP contribution in [0, 0.1) is 19.8 Å². The minimum absolute atomic E-state index is 0.0971. The minimum Gasteiger partial charge on any atom is -0.466 e. The number of barbiturate groups is 1. The molecule has 8 heteroatoms. The molecular formula is C21H25N3O5. The number of imide groups is 2. The van der Waals surface area contributed by atoms with Crippen molar-refractivity contribution in [1.29, 1.82) is 0 Å². The van der Waals surface area contributed by atoms with Crippen molar-refractivity contribution in [2.75, 3.05) is 24.6 Å².